The summed E-state index contributed by atoms with van der Waals surface area (Å²) in [6, 6.07) is 12.0. The molecule has 1 atom stereocenters. The number of hydrogen-bond acceptors (Lipinski definition) is 3. The van der Waals surface area contributed by atoms with Crippen LogP contribution in [0.4, 0.5) is 0 Å². The minimum atomic E-state index is -0.308. The van der Waals surface area contributed by atoms with Crippen LogP contribution in [0.5, 0.6) is 0 Å². The zero-order chi connectivity index (χ0) is 19.8. The van der Waals surface area contributed by atoms with E-state index in [1.165, 1.54) is 11.1 Å². The van der Waals surface area contributed by atoms with E-state index in [1.807, 2.05) is 18.2 Å². The highest BCUT2D eigenvalue weighted by molar-refractivity contribution is 5.97. The third-order valence-corrected chi connectivity index (χ3v) is 5.48. The highest BCUT2D eigenvalue weighted by Crippen LogP contribution is 2.25. The fraction of sp³-hybridized carbons (Fsp3) is 0.318. The first-order valence-corrected chi connectivity index (χ1v) is 9.54. The van der Waals surface area contributed by atoms with Crippen LogP contribution in [-0.4, -0.2) is 39.4 Å². The van der Waals surface area contributed by atoms with Crippen LogP contribution in [0.15, 0.2) is 42.7 Å². The molecule has 0 bridgehead atoms. The molecule has 0 saturated carbocycles. The number of primary amides is 1. The average molecular weight is 376 g/mol. The molecule has 0 spiro atoms. The Morgan fingerprint density at radius 3 is 2.79 bits per heavy atom. The summed E-state index contributed by atoms with van der Waals surface area (Å²) in [6.45, 7) is 5.39. The fourth-order valence-corrected chi connectivity index (χ4v) is 3.97. The summed E-state index contributed by atoms with van der Waals surface area (Å²) in [5.41, 5.74) is 11.1. The van der Waals surface area contributed by atoms with Crippen molar-refractivity contribution < 1.29 is 9.59 Å². The Balaban J connectivity index is 1.60. The number of rotatable bonds is 4. The van der Waals surface area contributed by atoms with Crippen molar-refractivity contribution in [3.63, 3.8) is 0 Å². The molecule has 1 aromatic heterocycles. The molecular formula is C22H24N4O2. The second kappa shape index (κ2) is 7.11. The van der Waals surface area contributed by atoms with Gasteiger partial charge in [0.25, 0.3) is 5.91 Å². The van der Waals surface area contributed by atoms with Gasteiger partial charge in [-0.2, -0.15) is 0 Å². The van der Waals surface area contributed by atoms with E-state index in [1.54, 1.807) is 11.2 Å². The van der Waals surface area contributed by atoms with Crippen molar-refractivity contribution >= 4 is 22.8 Å². The van der Waals surface area contributed by atoms with E-state index in [4.69, 9.17) is 5.73 Å². The lowest BCUT2D eigenvalue weighted by Crippen LogP contribution is -2.29. The summed E-state index contributed by atoms with van der Waals surface area (Å²) < 4.78 is 2.06. The molecule has 0 radical (unpaired) electrons. The Bertz CT molecular complexity index is 1070. The van der Waals surface area contributed by atoms with Gasteiger partial charge in [0, 0.05) is 25.1 Å². The molecule has 1 aliphatic heterocycles. The molecule has 1 fully saturated rings. The largest absolute Gasteiger partial charge is 0.370 e. The van der Waals surface area contributed by atoms with Crippen molar-refractivity contribution in [3.8, 4) is 5.69 Å². The molecule has 2 heterocycles. The number of carbonyl (C=O) groups is 2. The third-order valence-electron chi connectivity index (χ3n) is 5.48. The molecular weight excluding hydrogens is 352 g/mol. The van der Waals surface area contributed by atoms with E-state index in [0.29, 0.717) is 25.1 Å². The monoisotopic (exact) mass is 376 g/mol. The minimum Gasteiger partial charge on any atom is -0.370 e. The Morgan fingerprint density at radius 2 is 2.00 bits per heavy atom. The van der Waals surface area contributed by atoms with Crippen molar-refractivity contribution in [1.29, 1.82) is 0 Å². The van der Waals surface area contributed by atoms with E-state index in [2.05, 4.69) is 41.6 Å². The number of hydrogen-bond donors (Lipinski definition) is 1. The SMILES string of the molecule is Cc1ccc(C)c(-n2cnc3cc(C(=O)N4CCC(CC(N)=O)C4)ccc32)c1. The second-order valence-corrected chi connectivity index (χ2v) is 7.68. The topological polar surface area (TPSA) is 81.2 Å². The van der Waals surface area contributed by atoms with Crippen molar-refractivity contribution in [2.24, 2.45) is 11.7 Å². The number of nitrogens with two attached hydrogens (primary N) is 1. The molecule has 0 aliphatic carbocycles. The predicted molar refractivity (Wildman–Crippen MR) is 108 cm³/mol. The van der Waals surface area contributed by atoms with Gasteiger partial charge in [-0.25, -0.2) is 4.98 Å². The number of aryl methyl sites for hydroxylation is 2. The van der Waals surface area contributed by atoms with Gasteiger partial charge in [-0.1, -0.05) is 12.1 Å². The number of aromatic nitrogens is 2. The van der Waals surface area contributed by atoms with Crippen LogP contribution in [0.2, 0.25) is 0 Å². The lowest BCUT2D eigenvalue weighted by molar-refractivity contribution is -0.118. The van der Waals surface area contributed by atoms with Crippen LogP contribution in [0.1, 0.15) is 34.3 Å². The Morgan fingerprint density at radius 1 is 1.18 bits per heavy atom. The van der Waals surface area contributed by atoms with Crippen LogP contribution in [0.3, 0.4) is 0 Å². The number of amides is 2. The van der Waals surface area contributed by atoms with E-state index < -0.39 is 0 Å². The predicted octanol–water partition coefficient (Wildman–Crippen LogP) is 2.98. The van der Waals surface area contributed by atoms with Gasteiger partial charge in [-0.05, 0) is 61.6 Å². The smallest absolute Gasteiger partial charge is 0.253 e. The van der Waals surface area contributed by atoms with Gasteiger partial charge in [-0.15, -0.1) is 0 Å². The summed E-state index contributed by atoms with van der Waals surface area (Å²) in [5.74, 6) is -0.165. The molecule has 144 valence electrons. The Kier molecular flexibility index (Phi) is 4.63. The zero-order valence-corrected chi connectivity index (χ0v) is 16.2. The molecule has 1 saturated heterocycles. The van der Waals surface area contributed by atoms with Gasteiger partial charge in [0.15, 0.2) is 0 Å². The van der Waals surface area contributed by atoms with Crippen LogP contribution < -0.4 is 5.73 Å². The Hall–Kier alpha value is -3.15. The van der Waals surface area contributed by atoms with Gasteiger partial charge in [0.05, 0.1) is 16.7 Å². The maximum absolute atomic E-state index is 12.9. The molecule has 2 N–H and O–H groups in total. The normalized spacial score (nSPS) is 16.6. The minimum absolute atomic E-state index is 0.0184. The van der Waals surface area contributed by atoms with Gasteiger partial charge in [-0.3, -0.25) is 14.2 Å². The lowest BCUT2D eigenvalue weighted by Gasteiger charge is -2.16. The van der Waals surface area contributed by atoms with Crippen molar-refractivity contribution in [3.05, 3.63) is 59.4 Å². The zero-order valence-electron chi connectivity index (χ0n) is 16.2. The summed E-state index contributed by atoms with van der Waals surface area (Å²) >= 11 is 0. The van der Waals surface area contributed by atoms with E-state index in [-0.39, 0.29) is 17.7 Å². The van der Waals surface area contributed by atoms with Gasteiger partial charge < -0.3 is 10.6 Å². The van der Waals surface area contributed by atoms with E-state index in [0.717, 1.165) is 23.1 Å². The standard InChI is InChI=1S/C22H24N4O2/c1-14-3-4-15(2)20(9-14)26-13-24-18-11-17(5-6-19(18)26)22(28)25-8-7-16(12-25)10-21(23)27/h3-6,9,11,13,16H,7-8,10,12H2,1-2H3,(H2,23,27). The number of nitrogens with zero attached hydrogens (tertiary/aromatic N) is 3. The molecule has 3 aromatic rings. The summed E-state index contributed by atoms with van der Waals surface area (Å²) in [7, 11) is 0. The van der Waals surface area contributed by atoms with Crippen LogP contribution in [0, 0.1) is 19.8 Å². The maximum atomic E-state index is 12.9. The van der Waals surface area contributed by atoms with E-state index >= 15 is 0 Å². The first kappa shape index (κ1) is 18.2. The quantitative estimate of drug-likeness (QED) is 0.760. The molecule has 2 amide bonds. The van der Waals surface area contributed by atoms with Gasteiger partial charge in [0.2, 0.25) is 5.91 Å². The molecule has 1 aliphatic rings. The molecule has 28 heavy (non-hydrogen) atoms. The molecule has 2 aromatic carbocycles. The molecule has 4 rings (SSSR count). The van der Waals surface area contributed by atoms with E-state index in [9.17, 15) is 9.59 Å². The summed E-state index contributed by atoms with van der Waals surface area (Å²) in [5, 5.41) is 0. The highest BCUT2D eigenvalue weighted by atomic mass is 16.2. The van der Waals surface area contributed by atoms with Crippen molar-refractivity contribution in [2.75, 3.05) is 13.1 Å². The summed E-state index contributed by atoms with van der Waals surface area (Å²) in [4.78, 5) is 30.3. The van der Waals surface area contributed by atoms with Crippen LogP contribution in [-0.2, 0) is 4.79 Å². The lowest BCUT2D eigenvalue weighted by atomic mass is 10.1. The number of carbonyl (C=O) groups excluding carboxylic acids is 2. The first-order valence-electron chi connectivity index (χ1n) is 9.54. The number of benzene rings is 2. The van der Waals surface area contributed by atoms with Crippen molar-refractivity contribution in [2.45, 2.75) is 26.7 Å². The first-order chi connectivity index (χ1) is 13.4. The highest BCUT2D eigenvalue weighted by Gasteiger charge is 2.28. The Labute approximate surface area is 164 Å². The van der Waals surface area contributed by atoms with Gasteiger partial charge >= 0.3 is 0 Å². The van der Waals surface area contributed by atoms with Gasteiger partial charge in [0.1, 0.15) is 6.33 Å². The average Bonchev–Trinajstić information content (AvgIpc) is 3.29. The number of likely N-dealkylation sites (tertiary alicyclic amines) is 1. The third kappa shape index (κ3) is 3.38. The maximum Gasteiger partial charge on any atom is 0.253 e. The van der Waals surface area contributed by atoms with Crippen molar-refractivity contribution in [1.82, 2.24) is 14.5 Å². The number of imidazole rings is 1. The molecule has 6 heteroatoms. The molecule has 1 unspecified atom stereocenters. The fourth-order valence-electron chi connectivity index (χ4n) is 3.97. The second-order valence-electron chi connectivity index (χ2n) is 7.68. The molecule has 6 nitrogen and oxygen atoms in total. The van der Waals surface area contributed by atoms with Crippen LogP contribution >= 0.6 is 0 Å². The number of fused-ring (bicyclic) bond motifs is 1. The summed E-state index contributed by atoms with van der Waals surface area (Å²) in [6.07, 6.45) is 2.96. The van der Waals surface area contributed by atoms with Crippen LogP contribution in [0.25, 0.3) is 16.7 Å².